The molecule has 9 heteroatoms. The van der Waals surface area contributed by atoms with Gasteiger partial charge in [-0.2, -0.15) is 4.31 Å². The highest BCUT2D eigenvalue weighted by Gasteiger charge is 2.34. The maximum absolute atomic E-state index is 12.5. The molecule has 1 saturated heterocycles. The number of benzene rings is 1. The summed E-state index contributed by atoms with van der Waals surface area (Å²) in [6.45, 7) is 0.295. The van der Waals surface area contributed by atoms with Gasteiger partial charge in [0.1, 0.15) is 4.90 Å². The van der Waals surface area contributed by atoms with Crippen LogP contribution in [0, 0.1) is 0 Å². The maximum atomic E-state index is 12.5. The van der Waals surface area contributed by atoms with E-state index < -0.39 is 10.0 Å². The number of halogens is 2. The lowest BCUT2D eigenvalue weighted by Gasteiger charge is -2.31. The molecule has 0 spiro atoms. The third-order valence-corrected chi connectivity index (χ3v) is 5.65. The number of hydrogen-bond donors (Lipinski definition) is 1. The highest BCUT2D eigenvalue weighted by molar-refractivity contribution is 7.89. The van der Waals surface area contributed by atoms with Crippen LogP contribution in [0.5, 0.6) is 0 Å². The average Bonchev–Trinajstić information content (AvgIpc) is 2.30. The van der Waals surface area contributed by atoms with E-state index in [0.29, 0.717) is 6.54 Å². The predicted octanol–water partition coefficient (Wildman–Crippen LogP) is 1.04. The molecule has 0 radical (unpaired) electrons. The van der Waals surface area contributed by atoms with Gasteiger partial charge in [-0.1, -0.05) is 23.2 Å². The molecular formula is C11H13Cl2N3O3S. The van der Waals surface area contributed by atoms with Crippen LogP contribution in [-0.4, -0.2) is 50.2 Å². The van der Waals surface area contributed by atoms with Crippen molar-refractivity contribution in [3.63, 3.8) is 0 Å². The predicted molar refractivity (Wildman–Crippen MR) is 77.3 cm³/mol. The van der Waals surface area contributed by atoms with Crippen molar-refractivity contribution in [2.75, 3.05) is 32.4 Å². The second-order valence-electron chi connectivity index (χ2n) is 4.46. The monoisotopic (exact) mass is 337 g/mol. The fraction of sp³-hybridized carbons (Fsp3) is 0.364. The number of anilines is 1. The van der Waals surface area contributed by atoms with Crippen LogP contribution in [0.25, 0.3) is 0 Å². The summed E-state index contributed by atoms with van der Waals surface area (Å²) < 4.78 is 26.2. The number of amides is 1. The van der Waals surface area contributed by atoms with Gasteiger partial charge in [0.2, 0.25) is 15.9 Å². The molecular weight excluding hydrogens is 325 g/mol. The summed E-state index contributed by atoms with van der Waals surface area (Å²) in [4.78, 5) is 12.9. The number of nitrogen functional groups attached to an aromatic ring is 1. The van der Waals surface area contributed by atoms with Crippen molar-refractivity contribution in [2.45, 2.75) is 4.90 Å². The van der Waals surface area contributed by atoms with Crippen LogP contribution in [0.1, 0.15) is 0 Å². The molecule has 0 bridgehead atoms. The SMILES string of the molecule is CN1CCN(S(=O)(=O)c2c(N)cc(Cl)cc2Cl)CC1=O. The molecule has 1 aliphatic heterocycles. The highest BCUT2D eigenvalue weighted by atomic mass is 35.5. The topological polar surface area (TPSA) is 83.7 Å². The molecule has 0 saturated carbocycles. The van der Waals surface area contributed by atoms with Crippen molar-refractivity contribution in [2.24, 2.45) is 0 Å². The molecule has 1 aliphatic rings. The maximum Gasteiger partial charge on any atom is 0.247 e. The molecule has 1 aromatic carbocycles. The molecule has 1 heterocycles. The Morgan fingerprint density at radius 3 is 2.45 bits per heavy atom. The third-order valence-electron chi connectivity index (χ3n) is 3.06. The van der Waals surface area contributed by atoms with Gasteiger partial charge in [-0.05, 0) is 12.1 Å². The standard InChI is InChI=1S/C11H13Cl2N3O3S/c1-15-2-3-16(6-10(15)17)20(18,19)11-8(13)4-7(12)5-9(11)14/h4-5H,2-3,6,14H2,1H3. The summed E-state index contributed by atoms with van der Waals surface area (Å²) in [7, 11) is -2.31. The molecule has 6 nitrogen and oxygen atoms in total. The van der Waals surface area contributed by atoms with E-state index in [0.717, 1.165) is 4.31 Å². The number of rotatable bonds is 2. The van der Waals surface area contributed by atoms with E-state index >= 15 is 0 Å². The van der Waals surface area contributed by atoms with Crippen LogP contribution in [0.2, 0.25) is 10.0 Å². The van der Waals surface area contributed by atoms with Gasteiger partial charge in [0, 0.05) is 25.2 Å². The number of carbonyl (C=O) groups is 1. The van der Waals surface area contributed by atoms with Gasteiger partial charge in [0.05, 0.1) is 17.3 Å². The molecule has 0 atom stereocenters. The Morgan fingerprint density at radius 1 is 1.25 bits per heavy atom. The molecule has 2 N–H and O–H groups in total. The Labute approximate surface area is 127 Å². The Balaban J connectivity index is 2.44. The summed E-state index contributed by atoms with van der Waals surface area (Å²) in [6.07, 6.45) is 0. The van der Waals surface area contributed by atoms with Crippen molar-refractivity contribution in [1.29, 1.82) is 0 Å². The summed E-state index contributed by atoms with van der Waals surface area (Å²) in [6, 6.07) is 2.63. The molecule has 0 aromatic heterocycles. The minimum Gasteiger partial charge on any atom is -0.398 e. The largest absolute Gasteiger partial charge is 0.398 e. The Kier molecular flexibility index (Phi) is 4.15. The van der Waals surface area contributed by atoms with Gasteiger partial charge in [0.15, 0.2) is 0 Å². The zero-order chi connectivity index (χ0) is 15.1. The number of nitrogens with two attached hydrogens (primary N) is 1. The first-order valence-electron chi connectivity index (χ1n) is 5.72. The summed E-state index contributed by atoms with van der Waals surface area (Å²) in [5.74, 6) is -0.275. The smallest absolute Gasteiger partial charge is 0.247 e. The summed E-state index contributed by atoms with van der Waals surface area (Å²) in [5, 5.41) is 0.197. The van der Waals surface area contributed by atoms with Gasteiger partial charge in [-0.25, -0.2) is 8.42 Å². The normalized spacial score (nSPS) is 17.6. The lowest BCUT2D eigenvalue weighted by Crippen LogP contribution is -2.50. The summed E-state index contributed by atoms with van der Waals surface area (Å²) >= 11 is 11.7. The second-order valence-corrected chi connectivity index (χ2v) is 7.18. The van der Waals surface area contributed by atoms with Gasteiger partial charge < -0.3 is 10.6 Å². The fourth-order valence-electron chi connectivity index (χ4n) is 1.92. The van der Waals surface area contributed by atoms with E-state index in [1.165, 1.54) is 17.0 Å². The molecule has 1 amide bonds. The molecule has 0 unspecified atom stereocenters. The Bertz CT molecular complexity index is 640. The first-order chi connectivity index (χ1) is 9.23. The van der Waals surface area contributed by atoms with Gasteiger partial charge in [-0.3, -0.25) is 4.79 Å². The fourth-order valence-corrected chi connectivity index (χ4v) is 4.25. The average molecular weight is 338 g/mol. The van der Waals surface area contributed by atoms with Crippen LogP contribution < -0.4 is 5.73 Å². The molecule has 1 fully saturated rings. The highest BCUT2D eigenvalue weighted by Crippen LogP contribution is 2.33. The number of sulfonamides is 1. The molecule has 2 rings (SSSR count). The third kappa shape index (κ3) is 2.71. The van der Waals surface area contributed by atoms with Crippen molar-refractivity contribution in [3.05, 3.63) is 22.2 Å². The van der Waals surface area contributed by atoms with E-state index in [4.69, 9.17) is 28.9 Å². The number of nitrogens with zero attached hydrogens (tertiary/aromatic N) is 2. The lowest BCUT2D eigenvalue weighted by atomic mass is 10.3. The van der Waals surface area contributed by atoms with E-state index in [-0.39, 0.29) is 39.6 Å². The van der Waals surface area contributed by atoms with Gasteiger partial charge in [-0.15, -0.1) is 0 Å². The van der Waals surface area contributed by atoms with Crippen LogP contribution in [0.3, 0.4) is 0 Å². The minimum absolute atomic E-state index is 0.0334. The second kappa shape index (κ2) is 5.40. The quantitative estimate of drug-likeness (QED) is 0.817. The number of piperazine rings is 1. The molecule has 20 heavy (non-hydrogen) atoms. The first kappa shape index (κ1) is 15.4. The molecule has 110 valence electrons. The van der Waals surface area contributed by atoms with Gasteiger partial charge in [0.25, 0.3) is 0 Å². The number of carbonyl (C=O) groups excluding carboxylic acids is 1. The number of hydrogen-bond acceptors (Lipinski definition) is 4. The number of likely N-dealkylation sites (N-methyl/N-ethyl adjacent to an activating group) is 1. The lowest BCUT2D eigenvalue weighted by molar-refractivity contribution is -0.132. The van der Waals surface area contributed by atoms with Crippen LogP contribution in [-0.2, 0) is 14.8 Å². The van der Waals surface area contributed by atoms with E-state index in [2.05, 4.69) is 0 Å². The van der Waals surface area contributed by atoms with Gasteiger partial charge >= 0.3 is 0 Å². The van der Waals surface area contributed by atoms with Crippen LogP contribution >= 0.6 is 23.2 Å². The van der Waals surface area contributed by atoms with Crippen molar-refractivity contribution in [1.82, 2.24) is 9.21 Å². The first-order valence-corrected chi connectivity index (χ1v) is 7.91. The van der Waals surface area contributed by atoms with E-state index in [1.54, 1.807) is 7.05 Å². The zero-order valence-electron chi connectivity index (χ0n) is 10.6. The summed E-state index contributed by atoms with van der Waals surface area (Å²) in [5.41, 5.74) is 5.67. The van der Waals surface area contributed by atoms with E-state index in [1.807, 2.05) is 0 Å². The zero-order valence-corrected chi connectivity index (χ0v) is 13.0. The Morgan fingerprint density at radius 2 is 1.90 bits per heavy atom. The van der Waals surface area contributed by atoms with Crippen molar-refractivity contribution >= 4 is 44.8 Å². The van der Waals surface area contributed by atoms with Crippen LogP contribution in [0.15, 0.2) is 17.0 Å². The minimum atomic E-state index is -3.93. The molecule has 0 aliphatic carbocycles. The van der Waals surface area contributed by atoms with Crippen LogP contribution in [0.4, 0.5) is 5.69 Å². The van der Waals surface area contributed by atoms with E-state index in [9.17, 15) is 13.2 Å². The molecule has 1 aromatic rings. The van der Waals surface area contributed by atoms with Crippen molar-refractivity contribution < 1.29 is 13.2 Å². The van der Waals surface area contributed by atoms with Crippen molar-refractivity contribution in [3.8, 4) is 0 Å². The Hall–Kier alpha value is -1.02.